The topological polar surface area (TPSA) is 55.1 Å². The third-order valence-corrected chi connectivity index (χ3v) is 6.35. The Bertz CT molecular complexity index is 1430. The van der Waals surface area contributed by atoms with Crippen molar-refractivity contribution in [3.63, 3.8) is 0 Å². The van der Waals surface area contributed by atoms with Crippen molar-refractivity contribution in [2.75, 3.05) is 11.9 Å². The second kappa shape index (κ2) is 7.63. The summed E-state index contributed by atoms with van der Waals surface area (Å²) >= 11 is 1.67. The van der Waals surface area contributed by atoms with Crippen molar-refractivity contribution in [1.29, 1.82) is 0 Å². The minimum atomic E-state index is -0.350. The van der Waals surface area contributed by atoms with Crippen LogP contribution in [0.4, 0.5) is 10.1 Å². The Morgan fingerprint density at radius 2 is 1.87 bits per heavy atom. The molecule has 31 heavy (non-hydrogen) atoms. The Balaban J connectivity index is 1.30. The van der Waals surface area contributed by atoms with Gasteiger partial charge in [-0.15, -0.1) is 11.3 Å². The van der Waals surface area contributed by atoms with Crippen LogP contribution in [0, 0.1) is 19.7 Å². The number of rotatable bonds is 5. The highest BCUT2D eigenvalue weighted by Crippen LogP contribution is 2.31. The molecule has 0 aliphatic rings. The molecule has 0 fully saturated rings. The van der Waals surface area contributed by atoms with Crippen LogP contribution in [0.25, 0.3) is 31.8 Å². The Morgan fingerprint density at radius 1 is 1.06 bits per heavy atom. The van der Waals surface area contributed by atoms with Crippen LogP contribution in [0.3, 0.4) is 0 Å². The van der Waals surface area contributed by atoms with E-state index in [1.165, 1.54) is 22.4 Å². The van der Waals surface area contributed by atoms with E-state index in [2.05, 4.69) is 24.4 Å². The summed E-state index contributed by atoms with van der Waals surface area (Å²) < 4.78 is 20.3. The lowest BCUT2D eigenvalue weighted by Crippen LogP contribution is -2.14. The number of aromatic nitrogens is 1. The van der Waals surface area contributed by atoms with Crippen LogP contribution in [0.5, 0.6) is 0 Å². The van der Waals surface area contributed by atoms with E-state index in [4.69, 9.17) is 9.40 Å². The molecule has 1 N–H and O–H groups in total. The summed E-state index contributed by atoms with van der Waals surface area (Å²) in [7, 11) is 0. The lowest BCUT2D eigenvalue weighted by molar-refractivity contribution is 0.0981. The van der Waals surface area contributed by atoms with Gasteiger partial charge in [-0.05, 0) is 74.0 Å². The Morgan fingerprint density at radius 3 is 2.68 bits per heavy atom. The maximum Gasteiger partial charge on any atom is 0.217 e. The predicted octanol–water partition coefficient (Wildman–Crippen LogP) is 6.76. The SMILES string of the molecule is Cc1ccc2nc(-c3ccc(NCC(=O)c4oc5ccc(F)cc5c4C)cc3)sc2c1. The molecule has 0 atom stereocenters. The normalized spacial score (nSPS) is 11.3. The van der Waals surface area contributed by atoms with E-state index in [0.29, 0.717) is 16.5 Å². The highest BCUT2D eigenvalue weighted by molar-refractivity contribution is 7.21. The highest BCUT2D eigenvalue weighted by Gasteiger charge is 2.18. The fraction of sp³-hybridized carbons (Fsp3) is 0.120. The number of hydrogen-bond donors (Lipinski definition) is 1. The Kier molecular flexibility index (Phi) is 4.79. The molecule has 0 saturated heterocycles. The molecule has 0 spiro atoms. The zero-order chi connectivity index (χ0) is 21.5. The number of furan rings is 1. The van der Waals surface area contributed by atoms with Gasteiger partial charge < -0.3 is 9.73 Å². The summed E-state index contributed by atoms with van der Waals surface area (Å²) in [6.07, 6.45) is 0. The fourth-order valence-electron chi connectivity index (χ4n) is 3.61. The number of halogens is 1. The number of anilines is 1. The van der Waals surface area contributed by atoms with Crippen LogP contribution >= 0.6 is 11.3 Å². The molecule has 4 nitrogen and oxygen atoms in total. The van der Waals surface area contributed by atoms with Gasteiger partial charge in [0.2, 0.25) is 5.78 Å². The highest BCUT2D eigenvalue weighted by atomic mass is 32.1. The lowest BCUT2D eigenvalue weighted by Gasteiger charge is -2.06. The third kappa shape index (κ3) is 3.70. The second-order valence-corrected chi connectivity index (χ2v) is 8.57. The molecule has 2 heterocycles. The van der Waals surface area contributed by atoms with Crippen LogP contribution < -0.4 is 5.32 Å². The van der Waals surface area contributed by atoms with Gasteiger partial charge in [-0.1, -0.05) is 6.07 Å². The summed E-state index contributed by atoms with van der Waals surface area (Å²) in [5.74, 6) is -0.272. The molecule has 0 radical (unpaired) electrons. The number of Topliss-reactive ketones (excluding diaryl/α,β-unsaturated/α-hetero) is 1. The summed E-state index contributed by atoms with van der Waals surface area (Å²) in [6.45, 7) is 3.93. The minimum absolute atomic E-state index is 0.0862. The second-order valence-electron chi connectivity index (χ2n) is 7.54. The molecule has 2 aromatic heterocycles. The standard InChI is InChI=1S/C25H19FN2O2S/c1-14-3-9-20-23(11-14)31-25(28-20)16-4-7-18(8-5-16)27-13-21(29)24-15(2)19-12-17(26)6-10-22(19)30-24/h3-12,27H,13H2,1-2H3. The molecule has 0 amide bonds. The number of thiazole rings is 1. The number of carbonyl (C=O) groups excluding carboxylic acids is 1. The van der Waals surface area contributed by atoms with E-state index in [1.54, 1.807) is 24.3 Å². The molecule has 0 bridgehead atoms. The first-order chi connectivity index (χ1) is 15.0. The van der Waals surface area contributed by atoms with Crippen molar-refractivity contribution < 1.29 is 13.6 Å². The zero-order valence-corrected chi connectivity index (χ0v) is 17.8. The van der Waals surface area contributed by atoms with Gasteiger partial charge in [0.1, 0.15) is 16.4 Å². The van der Waals surface area contributed by atoms with Crippen LogP contribution in [-0.2, 0) is 0 Å². The number of benzene rings is 3. The van der Waals surface area contributed by atoms with E-state index in [9.17, 15) is 9.18 Å². The average molecular weight is 431 g/mol. The van der Waals surface area contributed by atoms with Crippen molar-refractivity contribution in [2.24, 2.45) is 0 Å². The molecule has 3 aromatic carbocycles. The van der Waals surface area contributed by atoms with Gasteiger partial charge in [0, 0.05) is 22.2 Å². The largest absolute Gasteiger partial charge is 0.453 e. The monoisotopic (exact) mass is 430 g/mol. The molecule has 5 aromatic rings. The van der Waals surface area contributed by atoms with Crippen molar-refractivity contribution in [3.8, 4) is 10.6 Å². The molecule has 6 heteroatoms. The maximum absolute atomic E-state index is 13.5. The third-order valence-electron chi connectivity index (χ3n) is 5.28. The predicted molar refractivity (Wildman–Crippen MR) is 124 cm³/mol. The number of hydrogen-bond acceptors (Lipinski definition) is 5. The molecular formula is C25H19FN2O2S. The molecule has 5 rings (SSSR count). The van der Waals surface area contributed by atoms with Gasteiger partial charge in [0.25, 0.3) is 0 Å². The first kappa shape index (κ1) is 19.5. The minimum Gasteiger partial charge on any atom is -0.453 e. The summed E-state index contributed by atoms with van der Waals surface area (Å²) in [6, 6.07) is 18.4. The van der Waals surface area contributed by atoms with Crippen molar-refractivity contribution in [2.45, 2.75) is 13.8 Å². The molecule has 0 saturated carbocycles. The van der Waals surface area contributed by atoms with E-state index in [-0.39, 0.29) is 23.9 Å². The van der Waals surface area contributed by atoms with Gasteiger partial charge in [-0.25, -0.2) is 9.37 Å². The number of aryl methyl sites for hydroxylation is 2. The Hall–Kier alpha value is -3.51. The maximum atomic E-state index is 13.5. The van der Waals surface area contributed by atoms with E-state index < -0.39 is 0 Å². The molecule has 154 valence electrons. The number of fused-ring (bicyclic) bond motifs is 2. The first-order valence-corrected chi connectivity index (χ1v) is 10.7. The molecular weight excluding hydrogens is 411 g/mol. The van der Waals surface area contributed by atoms with Crippen LogP contribution in [0.1, 0.15) is 21.7 Å². The van der Waals surface area contributed by atoms with Gasteiger partial charge in [-0.3, -0.25) is 4.79 Å². The smallest absolute Gasteiger partial charge is 0.217 e. The Labute approximate surface area is 182 Å². The first-order valence-electron chi connectivity index (χ1n) is 9.91. The van der Waals surface area contributed by atoms with E-state index >= 15 is 0 Å². The van der Waals surface area contributed by atoms with Gasteiger partial charge in [0.05, 0.1) is 16.8 Å². The summed E-state index contributed by atoms with van der Waals surface area (Å²) in [4.78, 5) is 17.4. The molecule has 0 aliphatic carbocycles. The van der Waals surface area contributed by atoms with Gasteiger partial charge in [-0.2, -0.15) is 0 Å². The van der Waals surface area contributed by atoms with Gasteiger partial charge >= 0.3 is 0 Å². The van der Waals surface area contributed by atoms with Crippen molar-refractivity contribution >= 4 is 44.0 Å². The van der Waals surface area contributed by atoms with E-state index in [1.807, 2.05) is 30.3 Å². The van der Waals surface area contributed by atoms with Gasteiger partial charge in [0.15, 0.2) is 5.76 Å². The van der Waals surface area contributed by atoms with Crippen LogP contribution in [0.15, 0.2) is 65.1 Å². The quantitative estimate of drug-likeness (QED) is 0.313. The van der Waals surface area contributed by atoms with Crippen LogP contribution in [-0.4, -0.2) is 17.3 Å². The number of nitrogens with one attached hydrogen (secondary N) is 1. The summed E-state index contributed by atoms with van der Waals surface area (Å²) in [5, 5.41) is 4.73. The molecule has 0 aliphatic heterocycles. The molecule has 0 unspecified atom stereocenters. The average Bonchev–Trinajstić information content (AvgIpc) is 3.33. The number of ketones is 1. The fourth-order valence-corrected chi connectivity index (χ4v) is 4.68. The summed E-state index contributed by atoms with van der Waals surface area (Å²) in [5.41, 5.74) is 5.25. The number of nitrogens with zero attached hydrogens (tertiary/aromatic N) is 1. The van der Waals surface area contributed by atoms with E-state index in [0.717, 1.165) is 21.8 Å². The van der Waals surface area contributed by atoms with Crippen molar-refractivity contribution in [1.82, 2.24) is 4.98 Å². The van der Waals surface area contributed by atoms with Crippen LogP contribution in [0.2, 0.25) is 0 Å². The van der Waals surface area contributed by atoms with Crippen molar-refractivity contribution in [3.05, 3.63) is 83.4 Å². The zero-order valence-electron chi connectivity index (χ0n) is 17.0. The number of carbonyl (C=O) groups is 1. The lowest BCUT2D eigenvalue weighted by atomic mass is 10.1.